The highest BCUT2D eigenvalue weighted by Crippen LogP contribution is 2.46. The summed E-state index contributed by atoms with van der Waals surface area (Å²) in [6, 6.07) is 9.08. The number of rotatable bonds is 3. The standard InChI is InChI=1S/C20H24Br2/c1-11-7-13(3)17(14(4)8-11)19(21)20(22)18-15(5)9-12(2)10-16(18)6/h7-10,19-20H,1-6H3. The van der Waals surface area contributed by atoms with Crippen LogP contribution in [0.3, 0.4) is 0 Å². The number of halogens is 2. The van der Waals surface area contributed by atoms with Gasteiger partial charge in [0.1, 0.15) is 0 Å². The maximum absolute atomic E-state index is 3.95. The minimum absolute atomic E-state index is 0.258. The second-order valence-electron chi connectivity index (χ2n) is 6.43. The molecule has 22 heavy (non-hydrogen) atoms. The van der Waals surface area contributed by atoms with Crippen molar-refractivity contribution in [1.29, 1.82) is 0 Å². The monoisotopic (exact) mass is 422 g/mol. The molecule has 0 heterocycles. The Labute approximate surface area is 151 Å². The Balaban J connectivity index is 2.49. The highest BCUT2D eigenvalue weighted by Gasteiger charge is 2.25. The number of aryl methyl sites for hydroxylation is 6. The van der Waals surface area contributed by atoms with Crippen molar-refractivity contribution in [2.75, 3.05) is 0 Å². The molecule has 0 aliphatic rings. The van der Waals surface area contributed by atoms with Crippen LogP contribution in [0, 0.1) is 41.5 Å². The molecule has 0 fully saturated rings. The molecule has 2 rings (SSSR count). The summed E-state index contributed by atoms with van der Waals surface area (Å²) in [7, 11) is 0. The Morgan fingerprint density at radius 2 is 0.773 bits per heavy atom. The van der Waals surface area contributed by atoms with Gasteiger partial charge in [-0.15, -0.1) is 0 Å². The van der Waals surface area contributed by atoms with Crippen LogP contribution in [-0.2, 0) is 0 Å². The summed E-state index contributed by atoms with van der Waals surface area (Å²) in [6.07, 6.45) is 0. The summed E-state index contributed by atoms with van der Waals surface area (Å²) in [5.74, 6) is 0. The van der Waals surface area contributed by atoms with Gasteiger partial charge >= 0.3 is 0 Å². The van der Waals surface area contributed by atoms with Gasteiger partial charge in [0, 0.05) is 0 Å². The van der Waals surface area contributed by atoms with E-state index in [1.165, 1.54) is 44.5 Å². The average molecular weight is 424 g/mol. The molecule has 2 unspecified atom stereocenters. The molecule has 0 aromatic heterocycles. The zero-order valence-electron chi connectivity index (χ0n) is 14.2. The fourth-order valence-electron chi connectivity index (χ4n) is 3.55. The smallest absolute Gasteiger partial charge is 0.0566 e. The fourth-order valence-corrected chi connectivity index (χ4v) is 5.52. The predicted molar refractivity (Wildman–Crippen MR) is 105 cm³/mol. The van der Waals surface area contributed by atoms with Crippen molar-refractivity contribution >= 4 is 31.9 Å². The lowest BCUT2D eigenvalue weighted by Crippen LogP contribution is -2.07. The highest BCUT2D eigenvalue weighted by atomic mass is 79.9. The van der Waals surface area contributed by atoms with E-state index < -0.39 is 0 Å². The SMILES string of the molecule is Cc1cc(C)c(C(Br)C(Br)c2c(C)cc(C)cc2C)c(C)c1. The first kappa shape index (κ1) is 17.7. The molecule has 0 N–H and O–H groups in total. The summed E-state index contributed by atoms with van der Waals surface area (Å²) < 4.78 is 0. The minimum Gasteiger partial charge on any atom is -0.0823 e. The van der Waals surface area contributed by atoms with E-state index in [0.29, 0.717) is 0 Å². The van der Waals surface area contributed by atoms with Crippen molar-refractivity contribution in [3.8, 4) is 0 Å². The number of hydrogen-bond donors (Lipinski definition) is 0. The summed E-state index contributed by atoms with van der Waals surface area (Å²) in [4.78, 5) is 0.515. The molecular weight excluding hydrogens is 400 g/mol. The molecule has 0 saturated heterocycles. The normalized spacial score (nSPS) is 14.0. The van der Waals surface area contributed by atoms with Gasteiger partial charge in [0.25, 0.3) is 0 Å². The Kier molecular flexibility index (Phi) is 5.55. The van der Waals surface area contributed by atoms with Gasteiger partial charge in [-0.05, 0) is 74.9 Å². The summed E-state index contributed by atoms with van der Waals surface area (Å²) >= 11 is 7.91. The van der Waals surface area contributed by atoms with Crippen LogP contribution in [0.25, 0.3) is 0 Å². The van der Waals surface area contributed by atoms with Crippen LogP contribution < -0.4 is 0 Å². The molecule has 2 aromatic carbocycles. The molecule has 2 aromatic rings. The second kappa shape index (κ2) is 6.88. The topological polar surface area (TPSA) is 0 Å². The Morgan fingerprint density at radius 3 is 1.00 bits per heavy atom. The van der Waals surface area contributed by atoms with Crippen LogP contribution in [0.1, 0.15) is 54.2 Å². The van der Waals surface area contributed by atoms with E-state index in [0.717, 1.165) is 0 Å². The molecule has 2 atom stereocenters. The van der Waals surface area contributed by atoms with Gasteiger partial charge in [0.15, 0.2) is 0 Å². The lowest BCUT2D eigenvalue weighted by Gasteiger charge is -2.25. The van der Waals surface area contributed by atoms with Gasteiger partial charge < -0.3 is 0 Å². The first-order chi connectivity index (χ1) is 10.2. The lowest BCUT2D eigenvalue weighted by molar-refractivity contribution is 0.897. The molecule has 0 saturated carbocycles. The predicted octanol–water partition coefficient (Wildman–Crippen LogP) is 7.11. The van der Waals surface area contributed by atoms with Crippen molar-refractivity contribution in [3.05, 3.63) is 68.8 Å². The molecular formula is C20H24Br2. The van der Waals surface area contributed by atoms with E-state index in [4.69, 9.17) is 0 Å². The van der Waals surface area contributed by atoms with Crippen molar-refractivity contribution in [3.63, 3.8) is 0 Å². The number of alkyl halides is 2. The van der Waals surface area contributed by atoms with Crippen LogP contribution in [-0.4, -0.2) is 0 Å². The van der Waals surface area contributed by atoms with Gasteiger partial charge in [-0.2, -0.15) is 0 Å². The molecule has 0 bridgehead atoms. The van der Waals surface area contributed by atoms with Crippen LogP contribution in [0.15, 0.2) is 24.3 Å². The van der Waals surface area contributed by atoms with Gasteiger partial charge in [0.2, 0.25) is 0 Å². The van der Waals surface area contributed by atoms with Crippen molar-refractivity contribution < 1.29 is 0 Å². The van der Waals surface area contributed by atoms with Crippen molar-refractivity contribution in [1.82, 2.24) is 0 Å². The van der Waals surface area contributed by atoms with E-state index in [1.807, 2.05) is 0 Å². The molecule has 0 aliphatic carbocycles. The minimum atomic E-state index is 0.258. The summed E-state index contributed by atoms with van der Waals surface area (Å²) in [5.41, 5.74) is 10.9. The van der Waals surface area contributed by atoms with Crippen molar-refractivity contribution in [2.24, 2.45) is 0 Å². The maximum atomic E-state index is 3.95. The first-order valence-electron chi connectivity index (χ1n) is 7.66. The average Bonchev–Trinajstić information content (AvgIpc) is 2.35. The van der Waals surface area contributed by atoms with Gasteiger partial charge in [-0.1, -0.05) is 67.3 Å². The molecule has 118 valence electrons. The molecule has 0 amide bonds. The van der Waals surface area contributed by atoms with Gasteiger partial charge in [-0.3, -0.25) is 0 Å². The maximum Gasteiger partial charge on any atom is 0.0566 e. The first-order valence-corrected chi connectivity index (χ1v) is 9.49. The zero-order valence-corrected chi connectivity index (χ0v) is 17.4. The van der Waals surface area contributed by atoms with Crippen LogP contribution in [0.5, 0.6) is 0 Å². The second-order valence-corrected chi connectivity index (χ2v) is 8.40. The lowest BCUT2D eigenvalue weighted by atomic mass is 9.90. The van der Waals surface area contributed by atoms with Crippen molar-refractivity contribution in [2.45, 2.75) is 51.2 Å². The third kappa shape index (κ3) is 3.49. The number of hydrogen-bond acceptors (Lipinski definition) is 0. The number of benzene rings is 2. The van der Waals surface area contributed by atoms with E-state index in [1.54, 1.807) is 0 Å². The Morgan fingerprint density at radius 1 is 0.545 bits per heavy atom. The van der Waals surface area contributed by atoms with E-state index >= 15 is 0 Å². The van der Waals surface area contributed by atoms with E-state index in [2.05, 4.69) is 97.7 Å². The molecule has 0 nitrogen and oxygen atoms in total. The quantitative estimate of drug-likeness (QED) is 0.461. The Hall–Kier alpha value is -0.600. The van der Waals surface area contributed by atoms with Gasteiger partial charge in [0.05, 0.1) is 9.65 Å². The van der Waals surface area contributed by atoms with Gasteiger partial charge in [-0.25, -0.2) is 0 Å². The summed E-state index contributed by atoms with van der Waals surface area (Å²) in [5, 5.41) is 0. The van der Waals surface area contributed by atoms with Crippen LogP contribution in [0.2, 0.25) is 0 Å². The molecule has 0 spiro atoms. The zero-order chi connectivity index (χ0) is 16.6. The largest absolute Gasteiger partial charge is 0.0823 e. The third-order valence-electron chi connectivity index (χ3n) is 4.28. The Bertz CT molecular complexity index is 593. The molecule has 0 aliphatic heterocycles. The third-order valence-corrected chi connectivity index (χ3v) is 6.97. The van der Waals surface area contributed by atoms with Crippen LogP contribution in [0.4, 0.5) is 0 Å². The highest BCUT2D eigenvalue weighted by molar-refractivity contribution is 9.12. The molecule has 0 radical (unpaired) electrons. The molecule has 2 heteroatoms. The van der Waals surface area contributed by atoms with E-state index in [9.17, 15) is 0 Å². The van der Waals surface area contributed by atoms with E-state index in [-0.39, 0.29) is 9.65 Å². The fraction of sp³-hybridized carbons (Fsp3) is 0.400. The summed E-state index contributed by atoms with van der Waals surface area (Å²) in [6.45, 7) is 13.1. The van der Waals surface area contributed by atoms with Crippen LogP contribution >= 0.6 is 31.9 Å².